The Labute approximate surface area is 202 Å². The van der Waals surface area contributed by atoms with E-state index in [2.05, 4.69) is 5.32 Å². The van der Waals surface area contributed by atoms with Crippen molar-refractivity contribution >= 4 is 29.3 Å². The lowest BCUT2D eigenvalue weighted by molar-refractivity contribution is -0.130. The molecule has 8 heteroatoms. The predicted octanol–water partition coefficient (Wildman–Crippen LogP) is 4.79. The second-order valence-electron chi connectivity index (χ2n) is 8.66. The molecular formula is C26H25ClFN3O3. The Morgan fingerprint density at radius 1 is 1.09 bits per heavy atom. The van der Waals surface area contributed by atoms with E-state index in [0.29, 0.717) is 29.1 Å². The van der Waals surface area contributed by atoms with E-state index in [4.69, 9.17) is 11.6 Å². The minimum Gasteiger partial charge on any atom is -0.348 e. The van der Waals surface area contributed by atoms with Crippen LogP contribution in [0.1, 0.15) is 39.8 Å². The monoisotopic (exact) mass is 481 g/mol. The molecule has 4 rings (SSSR count). The van der Waals surface area contributed by atoms with E-state index in [0.717, 1.165) is 21.9 Å². The van der Waals surface area contributed by atoms with Gasteiger partial charge in [0, 0.05) is 34.1 Å². The van der Waals surface area contributed by atoms with E-state index in [1.165, 1.54) is 12.1 Å². The van der Waals surface area contributed by atoms with Crippen molar-refractivity contribution in [3.63, 3.8) is 0 Å². The molecule has 0 unspecified atom stereocenters. The number of imide groups is 1. The summed E-state index contributed by atoms with van der Waals surface area (Å²) in [4.78, 5) is 39.9. The Morgan fingerprint density at radius 3 is 2.44 bits per heavy atom. The smallest absolute Gasteiger partial charge is 0.325 e. The van der Waals surface area contributed by atoms with Crippen molar-refractivity contribution < 1.29 is 18.8 Å². The molecule has 1 atom stereocenters. The average Bonchev–Trinajstić information content (AvgIpc) is 3.20. The maximum Gasteiger partial charge on any atom is 0.325 e. The van der Waals surface area contributed by atoms with Crippen LogP contribution < -0.4 is 5.32 Å². The summed E-state index contributed by atoms with van der Waals surface area (Å²) in [7, 11) is 0. The lowest BCUT2D eigenvalue weighted by Gasteiger charge is -2.23. The zero-order chi connectivity index (χ0) is 24.6. The number of carbonyl (C=O) groups is 3. The third-order valence-corrected chi connectivity index (χ3v) is 6.73. The Balaban J connectivity index is 1.51. The number of hydrogen-bond donors (Lipinski definition) is 1. The number of amides is 3. The summed E-state index contributed by atoms with van der Waals surface area (Å²) in [5, 5.41) is 3.04. The van der Waals surface area contributed by atoms with Crippen molar-refractivity contribution in [2.24, 2.45) is 0 Å². The minimum atomic E-state index is -1.35. The molecule has 1 aliphatic rings. The number of hydrogen-bond acceptors (Lipinski definition) is 3. The van der Waals surface area contributed by atoms with Crippen molar-refractivity contribution in [2.45, 2.75) is 39.3 Å². The zero-order valence-electron chi connectivity index (χ0n) is 19.2. The van der Waals surface area contributed by atoms with Gasteiger partial charge in [-0.05, 0) is 57.0 Å². The fourth-order valence-corrected chi connectivity index (χ4v) is 4.76. The third kappa shape index (κ3) is 4.23. The SMILES string of the molecule is Cc1cc(C(=O)CN2C(=O)N[C@](C)(c3ccccc3Cl)C2=O)c(C)n1CCc1ccc(F)cc1. The molecular weight excluding hydrogens is 457 g/mol. The standard InChI is InChI=1S/C26H25ClFN3O3/c1-16-14-20(17(2)30(16)13-12-18-8-10-19(28)11-9-18)23(32)15-31-24(33)26(3,29-25(31)34)21-6-4-5-7-22(21)27/h4-11,14H,12-13,15H2,1-3H3,(H,29,34)/t26-/m1/s1. The van der Waals surface area contributed by atoms with Gasteiger partial charge < -0.3 is 9.88 Å². The van der Waals surface area contributed by atoms with Crippen LogP contribution in [0.25, 0.3) is 0 Å². The lowest BCUT2D eigenvalue weighted by atomic mass is 9.92. The van der Waals surface area contributed by atoms with Crippen LogP contribution in [0.2, 0.25) is 5.02 Å². The van der Waals surface area contributed by atoms with Crippen molar-refractivity contribution in [3.8, 4) is 0 Å². The quantitative estimate of drug-likeness (QED) is 0.389. The van der Waals surface area contributed by atoms with Gasteiger partial charge in [0.25, 0.3) is 5.91 Å². The van der Waals surface area contributed by atoms with Crippen LogP contribution >= 0.6 is 11.6 Å². The molecule has 176 valence electrons. The third-order valence-electron chi connectivity index (χ3n) is 6.40. The number of nitrogens with zero attached hydrogens (tertiary/aromatic N) is 2. The van der Waals surface area contributed by atoms with Crippen LogP contribution in [0.4, 0.5) is 9.18 Å². The molecule has 0 radical (unpaired) electrons. The van der Waals surface area contributed by atoms with Gasteiger partial charge in [0.1, 0.15) is 11.4 Å². The number of Topliss-reactive ketones (excluding diaryl/α,β-unsaturated/α-hetero) is 1. The topological polar surface area (TPSA) is 71.4 Å². The van der Waals surface area contributed by atoms with Crippen molar-refractivity contribution in [1.29, 1.82) is 0 Å². The number of aromatic nitrogens is 1. The Bertz CT molecular complexity index is 1280. The molecule has 3 aromatic rings. The normalized spacial score (nSPS) is 17.9. The highest BCUT2D eigenvalue weighted by Crippen LogP contribution is 2.33. The van der Waals surface area contributed by atoms with Crippen LogP contribution in [-0.4, -0.2) is 33.7 Å². The highest BCUT2D eigenvalue weighted by atomic mass is 35.5. The van der Waals surface area contributed by atoms with E-state index in [1.54, 1.807) is 49.4 Å². The number of rotatable bonds is 7. The summed E-state index contributed by atoms with van der Waals surface area (Å²) in [6.45, 7) is 5.57. The van der Waals surface area contributed by atoms with Crippen LogP contribution in [0.3, 0.4) is 0 Å². The largest absolute Gasteiger partial charge is 0.348 e. The molecule has 1 saturated heterocycles. The van der Waals surface area contributed by atoms with E-state index in [-0.39, 0.29) is 18.1 Å². The van der Waals surface area contributed by atoms with Gasteiger partial charge in [0.2, 0.25) is 0 Å². The zero-order valence-corrected chi connectivity index (χ0v) is 19.9. The highest BCUT2D eigenvalue weighted by molar-refractivity contribution is 6.32. The van der Waals surface area contributed by atoms with E-state index in [1.807, 2.05) is 18.4 Å². The molecule has 0 spiro atoms. The maximum atomic E-state index is 13.2. The Morgan fingerprint density at radius 2 is 1.76 bits per heavy atom. The molecule has 0 bridgehead atoms. The van der Waals surface area contributed by atoms with Gasteiger partial charge in [-0.1, -0.05) is 41.9 Å². The first-order valence-electron chi connectivity index (χ1n) is 11.0. The van der Waals surface area contributed by atoms with Gasteiger partial charge in [0.15, 0.2) is 5.78 Å². The maximum absolute atomic E-state index is 13.2. The van der Waals surface area contributed by atoms with Gasteiger partial charge in [-0.2, -0.15) is 0 Å². The second kappa shape index (κ2) is 9.06. The average molecular weight is 482 g/mol. The molecule has 2 aromatic carbocycles. The lowest BCUT2D eigenvalue weighted by Crippen LogP contribution is -2.41. The summed E-state index contributed by atoms with van der Waals surface area (Å²) in [5.41, 5.74) is 2.22. The molecule has 34 heavy (non-hydrogen) atoms. The molecule has 1 N–H and O–H groups in total. The summed E-state index contributed by atoms with van der Waals surface area (Å²) in [6, 6.07) is 14.3. The van der Waals surface area contributed by atoms with Gasteiger partial charge in [0.05, 0.1) is 6.54 Å². The molecule has 3 amide bonds. The van der Waals surface area contributed by atoms with Gasteiger partial charge in [-0.3, -0.25) is 14.5 Å². The molecule has 2 heterocycles. The first kappa shape index (κ1) is 23.7. The predicted molar refractivity (Wildman–Crippen MR) is 127 cm³/mol. The molecule has 1 aromatic heterocycles. The number of carbonyl (C=O) groups excluding carboxylic acids is 3. The van der Waals surface area contributed by atoms with Crippen molar-refractivity contribution in [3.05, 3.63) is 93.5 Å². The number of aryl methyl sites for hydroxylation is 2. The number of nitrogens with one attached hydrogen (secondary N) is 1. The van der Waals surface area contributed by atoms with Gasteiger partial charge in [-0.25, -0.2) is 9.18 Å². The molecule has 0 aliphatic carbocycles. The Kier molecular flexibility index (Phi) is 6.32. The fraction of sp³-hybridized carbons (Fsp3) is 0.269. The van der Waals surface area contributed by atoms with Crippen LogP contribution in [0.15, 0.2) is 54.6 Å². The first-order valence-corrected chi connectivity index (χ1v) is 11.3. The van der Waals surface area contributed by atoms with Crippen molar-refractivity contribution in [1.82, 2.24) is 14.8 Å². The Hall–Kier alpha value is -3.45. The molecule has 1 fully saturated rings. The number of ketones is 1. The summed E-state index contributed by atoms with van der Waals surface area (Å²) >= 11 is 6.27. The molecule has 6 nitrogen and oxygen atoms in total. The summed E-state index contributed by atoms with van der Waals surface area (Å²) < 4.78 is 15.2. The molecule has 1 aliphatic heterocycles. The summed E-state index contributed by atoms with van der Waals surface area (Å²) in [5.74, 6) is -1.13. The fourth-order valence-electron chi connectivity index (χ4n) is 4.44. The van der Waals surface area contributed by atoms with Crippen molar-refractivity contribution in [2.75, 3.05) is 6.54 Å². The number of halogens is 2. The van der Waals surface area contributed by atoms with E-state index in [9.17, 15) is 18.8 Å². The van der Waals surface area contributed by atoms with Gasteiger partial charge >= 0.3 is 6.03 Å². The first-order chi connectivity index (χ1) is 16.1. The second-order valence-corrected chi connectivity index (χ2v) is 9.07. The van der Waals surface area contributed by atoms with Crippen LogP contribution in [0.5, 0.6) is 0 Å². The van der Waals surface area contributed by atoms with E-state index >= 15 is 0 Å². The van der Waals surface area contributed by atoms with Crippen LogP contribution in [-0.2, 0) is 23.3 Å². The number of benzene rings is 2. The molecule has 0 saturated carbocycles. The summed E-state index contributed by atoms with van der Waals surface area (Å²) in [6.07, 6.45) is 0.674. The highest BCUT2D eigenvalue weighted by Gasteiger charge is 2.50. The van der Waals surface area contributed by atoms with E-state index < -0.39 is 17.5 Å². The number of urea groups is 1. The van der Waals surface area contributed by atoms with Crippen LogP contribution in [0, 0.1) is 19.7 Å². The van der Waals surface area contributed by atoms with Gasteiger partial charge in [-0.15, -0.1) is 0 Å². The minimum absolute atomic E-state index is 0.281.